The number of fused-ring (bicyclic) bond motifs is 1. The zero-order valence-corrected chi connectivity index (χ0v) is 15.3. The minimum atomic E-state index is -0.285. The van der Waals surface area contributed by atoms with Crippen LogP contribution in [0.25, 0.3) is 0 Å². The molecule has 0 radical (unpaired) electrons. The summed E-state index contributed by atoms with van der Waals surface area (Å²) in [7, 11) is 4.04. The Kier molecular flexibility index (Phi) is 5.69. The molecule has 1 saturated heterocycles. The Balaban J connectivity index is 1.55. The highest BCUT2D eigenvalue weighted by atomic mass is 16.3. The number of likely N-dealkylation sites (tertiary alicyclic amines) is 1. The Morgan fingerprint density at radius 1 is 1.17 bits per heavy atom. The number of anilines is 1. The number of aromatic nitrogens is 2. The third kappa shape index (κ3) is 4.23. The second-order valence-electron chi connectivity index (χ2n) is 7.64. The predicted molar refractivity (Wildman–Crippen MR) is 96.2 cm³/mol. The molecule has 6 nitrogen and oxygen atoms in total. The second kappa shape index (κ2) is 7.76. The van der Waals surface area contributed by atoms with Crippen LogP contribution in [0, 0.1) is 5.92 Å². The van der Waals surface area contributed by atoms with Crippen molar-refractivity contribution in [3.05, 3.63) is 17.6 Å². The Labute approximate surface area is 145 Å². The van der Waals surface area contributed by atoms with Gasteiger partial charge >= 0.3 is 0 Å². The number of nitrogens with zero attached hydrogens (tertiary/aromatic N) is 5. The molecule has 1 aromatic rings. The maximum atomic E-state index is 10.5. The summed E-state index contributed by atoms with van der Waals surface area (Å²) in [5, 5.41) is 10.5. The second-order valence-corrected chi connectivity index (χ2v) is 7.64. The summed E-state index contributed by atoms with van der Waals surface area (Å²) in [5.74, 6) is 1.84. The van der Waals surface area contributed by atoms with E-state index in [4.69, 9.17) is 0 Å². The normalized spacial score (nSPS) is 21.5. The summed E-state index contributed by atoms with van der Waals surface area (Å²) in [5.41, 5.74) is 2.37. The van der Waals surface area contributed by atoms with Crippen molar-refractivity contribution in [2.45, 2.75) is 38.8 Å². The number of β-amino-alcohol motifs (C(OH)–C–C–N with tert-alkyl or cyclic N) is 1. The van der Waals surface area contributed by atoms with Crippen molar-refractivity contribution in [3.63, 3.8) is 0 Å². The molecule has 1 aromatic heterocycles. The number of hydrogen-bond acceptors (Lipinski definition) is 6. The van der Waals surface area contributed by atoms with Gasteiger partial charge in [-0.1, -0.05) is 6.92 Å². The van der Waals surface area contributed by atoms with Gasteiger partial charge in [-0.25, -0.2) is 9.97 Å². The minimum absolute atomic E-state index is 0.285. The van der Waals surface area contributed by atoms with E-state index in [0.717, 1.165) is 63.1 Å². The fourth-order valence-electron chi connectivity index (χ4n) is 3.82. The van der Waals surface area contributed by atoms with E-state index in [-0.39, 0.29) is 6.10 Å². The fraction of sp³-hybridized carbons (Fsp3) is 0.778. The molecule has 0 amide bonds. The largest absolute Gasteiger partial charge is 0.390 e. The van der Waals surface area contributed by atoms with Gasteiger partial charge in [-0.15, -0.1) is 0 Å². The summed E-state index contributed by atoms with van der Waals surface area (Å²) >= 11 is 0. The topological polar surface area (TPSA) is 55.7 Å². The summed E-state index contributed by atoms with van der Waals surface area (Å²) in [6.45, 7) is 7.89. The Morgan fingerprint density at radius 2 is 1.88 bits per heavy atom. The lowest BCUT2D eigenvalue weighted by Crippen LogP contribution is -2.44. The van der Waals surface area contributed by atoms with Crippen LogP contribution in [0.15, 0.2) is 6.33 Å². The molecule has 0 aliphatic carbocycles. The molecule has 0 spiro atoms. The fourth-order valence-corrected chi connectivity index (χ4v) is 3.82. The molecule has 3 rings (SSSR count). The molecule has 2 aliphatic rings. The number of rotatable bonds is 5. The van der Waals surface area contributed by atoms with Crippen molar-refractivity contribution >= 4 is 5.82 Å². The van der Waals surface area contributed by atoms with Crippen molar-refractivity contribution in [1.82, 2.24) is 19.8 Å². The standard InChI is InChI=1S/C18H31N5O/c1-14-4-7-22(8-5-14)10-15(24)11-23-9-6-17-16(12-23)18(21(2)3)20-13-19-17/h13-15,24H,4-12H2,1-3H3/t15-/m1/s1. The van der Waals surface area contributed by atoms with Crippen LogP contribution >= 0.6 is 0 Å². The highest BCUT2D eigenvalue weighted by molar-refractivity contribution is 5.48. The van der Waals surface area contributed by atoms with Gasteiger partial charge in [0.05, 0.1) is 11.8 Å². The maximum Gasteiger partial charge on any atom is 0.136 e. The van der Waals surface area contributed by atoms with E-state index in [2.05, 4.69) is 31.6 Å². The van der Waals surface area contributed by atoms with E-state index in [1.54, 1.807) is 6.33 Å². The number of hydrogen-bond donors (Lipinski definition) is 1. The van der Waals surface area contributed by atoms with Gasteiger partial charge in [0.15, 0.2) is 0 Å². The first-order valence-corrected chi connectivity index (χ1v) is 9.15. The van der Waals surface area contributed by atoms with Crippen LogP contribution in [0.2, 0.25) is 0 Å². The quantitative estimate of drug-likeness (QED) is 0.867. The van der Waals surface area contributed by atoms with Crippen LogP contribution in [0.3, 0.4) is 0 Å². The Bertz CT molecular complexity index is 542. The zero-order chi connectivity index (χ0) is 17.1. The van der Waals surface area contributed by atoms with E-state index in [1.165, 1.54) is 18.4 Å². The molecule has 1 fully saturated rings. The van der Waals surface area contributed by atoms with Crippen LogP contribution < -0.4 is 4.90 Å². The van der Waals surface area contributed by atoms with Gasteiger partial charge in [-0.2, -0.15) is 0 Å². The SMILES string of the molecule is CC1CCN(C[C@@H](O)CN2CCc3ncnc(N(C)C)c3C2)CC1. The Hall–Kier alpha value is -1.24. The highest BCUT2D eigenvalue weighted by Gasteiger charge is 2.25. The minimum Gasteiger partial charge on any atom is -0.390 e. The van der Waals surface area contributed by atoms with Gasteiger partial charge in [0.2, 0.25) is 0 Å². The molecular weight excluding hydrogens is 302 g/mol. The average molecular weight is 333 g/mol. The van der Waals surface area contributed by atoms with Gasteiger partial charge < -0.3 is 14.9 Å². The molecule has 3 heterocycles. The van der Waals surface area contributed by atoms with E-state index in [1.807, 2.05) is 14.1 Å². The predicted octanol–water partition coefficient (Wildman–Crippen LogP) is 0.993. The molecule has 0 unspecified atom stereocenters. The first kappa shape index (κ1) is 17.6. The number of aliphatic hydroxyl groups is 1. The first-order valence-electron chi connectivity index (χ1n) is 9.15. The molecule has 1 atom stereocenters. The summed E-state index contributed by atoms with van der Waals surface area (Å²) in [6.07, 6.45) is 4.83. The third-order valence-electron chi connectivity index (χ3n) is 5.30. The highest BCUT2D eigenvalue weighted by Crippen LogP contribution is 2.24. The summed E-state index contributed by atoms with van der Waals surface area (Å²) in [4.78, 5) is 15.7. The molecule has 0 saturated carbocycles. The van der Waals surface area contributed by atoms with Crippen LogP contribution in [-0.2, 0) is 13.0 Å². The van der Waals surface area contributed by atoms with Crippen LogP contribution in [0.1, 0.15) is 31.0 Å². The van der Waals surface area contributed by atoms with Crippen LogP contribution in [-0.4, -0.2) is 77.8 Å². The lowest BCUT2D eigenvalue weighted by molar-refractivity contribution is 0.0574. The molecule has 0 bridgehead atoms. The zero-order valence-electron chi connectivity index (χ0n) is 15.3. The molecule has 1 N–H and O–H groups in total. The van der Waals surface area contributed by atoms with E-state index >= 15 is 0 Å². The van der Waals surface area contributed by atoms with Gasteiger partial charge in [-0.05, 0) is 31.8 Å². The van der Waals surface area contributed by atoms with Crippen molar-refractivity contribution in [3.8, 4) is 0 Å². The van der Waals surface area contributed by atoms with Crippen molar-refractivity contribution in [2.24, 2.45) is 5.92 Å². The lowest BCUT2D eigenvalue weighted by Gasteiger charge is -2.35. The van der Waals surface area contributed by atoms with E-state index in [9.17, 15) is 5.11 Å². The smallest absolute Gasteiger partial charge is 0.136 e. The average Bonchev–Trinajstić information content (AvgIpc) is 2.56. The number of aliphatic hydroxyl groups excluding tert-OH is 1. The van der Waals surface area contributed by atoms with E-state index < -0.39 is 0 Å². The third-order valence-corrected chi connectivity index (χ3v) is 5.30. The van der Waals surface area contributed by atoms with Gasteiger partial charge in [0.25, 0.3) is 0 Å². The first-order chi connectivity index (χ1) is 11.5. The van der Waals surface area contributed by atoms with Crippen LogP contribution in [0.5, 0.6) is 0 Å². The maximum absolute atomic E-state index is 10.5. The van der Waals surface area contributed by atoms with Crippen molar-refractivity contribution in [1.29, 1.82) is 0 Å². The summed E-state index contributed by atoms with van der Waals surface area (Å²) < 4.78 is 0. The monoisotopic (exact) mass is 333 g/mol. The lowest BCUT2D eigenvalue weighted by atomic mass is 9.99. The van der Waals surface area contributed by atoms with Gasteiger partial charge in [0.1, 0.15) is 12.1 Å². The molecule has 6 heteroatoms. The van der Waals surface area contributed by atoms with Gasteiger partial charge in [0, 0.05) is 52.3 Å². The summed E-state index contributed by atoms with van der Waals surface area (Å²) in [6, 6.07) is 0. The Morgan fingerprint density at radius 3 is 2.58 bits per heavy atom. The van der Waals surface area contributed by atoms with Crippen molar-refractivity contribution in [2.75, 3.05) is 51.7 Å². The molecule has 0 aromatic carbocycles. The molecular formula is C18H31N5O. The van der Waals surface area contributed by atoms with Crippen molar-refractivity contribution < 1.29 is 5.11 Å². The van der Waals surface area contributed by atoms with Gasteiger partial charge in [-0.3, -0.25) is 4.90 Å². The molecule has 134 valence electrons. The molecule has 2 aliphatic heterocycles. The molecule has 24 heavy (non-hydrogen) atoms. The van der Waals surface area contributed by atoms with E-state index in [0.29, 0.717) is 0 Å². The number of piperidine rings is 1. The van der Waals surface area contributed by atoms with Crippen LogP contribution in [0.4, 0.5) is 5.82 Å².